The lowest BCUT2D eigenvalue weighted by Gasteiger charge is -2.39. The van der Waals surface area contributed by atoms with Gasteiger partial charge in [-0.05, 0) is 50.3 Å². The van der Waals surface area contributed by atoms with Crippen LogP contribution in [0.3, 0.4) is 0 Å². The minimum Gasteiger partial charge on any atom is -0.497 e. The quantitative estimate of drug-likeness (QED) is 0.841. The standard InChI is InChI=1S/C22H26N4O3/c1-14-12-24-20(13-23-14)22(28)25-16-10-17-5-6-18(11-16)26(17)21(27)9-15-3-7-19(29-2)8-4-15/h3-4,7-8,12-13,16-18H,5-6,9-11H2,1-2H3,(H,25,28)/t16?,17-,18+. The number of fused-ring (bicyclic) bond motifs is 2. The SMILES string of the molecule is COc1ccc(CC(=O)N2[C@@H]3CC[C@H]2CC(NC(=O)c2cnc(C)cn2)C3)cc1. The van der Waals surface area contributed by atoms with Crippen molar-refractivity contribution in [3.8, 4) is 5.75 Å². The van der Waals surface area contributed by atoms with Crippen molar-refractivity contribution in [1.29, 1.82) is 0 Å². The van der Waals surface area contributed by atoms with E-state index in [1.807, 2.05) is 31.2 Å². The molecule has 1 N–H and O–H groups in total. The minimum absolute atomic E-state index is 0.0631. The zero-order valence-corrected chi connectivity index (χ0v) is 16.8. The maximum atomic E-state index is 13.0. The molecule has 0 radical (unpaired) electrons. The van der Waals surface area contributed by atoms with Gasteiger partial charge in [0, 0.05) is 24.3 Å². The Morgan fingerprint density at radius 1 is 1.10 bits per heavy atom. The van der Waals surface area contributed by atoms with Gasteiger partial charge < -0.3 is 15.0 Å². The van der Waals surface area contributed by atoms with Crippen LogP contribution in [-0.4, -0.2) is 51.9 Å². The molecule has 1 aromatic carbocycles. The molecule has 1 aromatic heterocycles. The zero-order chi connectivity index (χ0) is 20.4. The average Bonchev–Trinajstić information content (AvgIpc) is 3.00. The van der Waals surface area contributed by atoms with E-state index in [2.05, 4.69) is 20.2 Å². The number of nitrogens with zero attached hydrogens (tertiary/aromatic N) is 3. The zero-order valence-electron chi connectivity index (χ0n) is 16.8. The monoisotopic (exact) mass is 394 g/mol. The summed E-state index contributed by atoms with van der Waals surface area (Å²) in [6, 6.07) is 8.08. The number of carbonyl (C=O) groups is 2. The summed E-state index contributed by atoms with van der Waals surface area (Å²) in [5, 5.41) is 3.08. The first-order chi connectivity index (χ1) is 14.0. The van der Waals surface area contributed by atoms with Crippen LogP contribution >= 0.6 is 0 Å². The molecule has 3 atom stereocenters. The Hall–Kier alpha value is -2.96. The molecule has 7 nitrogen and oxygen atoms in total. The molecule has 2 amide bonds. The summed E-state index contributed by atoms with van der Waals surface area (Å²) in [6.07, 6.45) is 7.07. The Balaban J connectivity index is 1.36. The number of methoxy groups -OCH3 is 1. The molecule has 152 valence electrons. The highest BCUT2D eigenvalue weighted by molar-refractivity contribution is 5.92. The van der Waals surface area contributed by atoms with Gasteiger partial charge in [0.15, 0.2) is 0 Å². The summed E-state index contributed by atoms with van der Waals surface area (Å²) in [4.78, 5) is 35.8. The minimum atomic E-state index is -0.195. The van der Waals surface area contributed by atoms with Crippen molar-refractivity contribution in [2.75, 3.05) is 7.11 Å². The second-order valence-corrected chi connectivity index (χ2v) is 7.90. The average molecular weight is 394 g/mol. The van der Waals surface area contributed by atoms with Crippen LogP contribution < -0.4 is 10.1 Å². The van der Waals surface area contributed by atoms with Gasteiger partial charge in [-0.15, -0.1) is 0 Å². The molecule has 2 fully saturated rings. The molecular weight excluding hydrogens is 368 g/mol. The lowest BCUT2D eigenvalue weighted by molar-refractivity contribution is -0.135. The summed E-state index contributed by atoms with van der Waals surface area (Å²) in [5.41, 5.74) is 2.10. The third-order valence-electron chi connectivity index (χ3n) is 5.88. The van der Waals surface area contributed by atoms with E-state index in [1.54, 1.807) is 13.3 Å². The number of nitrogens with one attached hydrogen (secondary N) is 1. The summed E-state index contributed by atoms with van der Waals surface area (Å²) < 4.78 is 5.18. The van der Waals surface area contributed by atoms with Crippen LogP contribution in [0, 0.1) is 6.92 Å². The first-order valence-electron chi connectivity index (χ1n) is 10.1. The van der Waals surface area contributed by atoms with Crippen LogP contribution in [0.2, 0.25) is 0 Å². The van der Waals surface area contributed by atoms with Crippen molar-refractivity contribution >= 4 is 11.8 Å². The van der Waals surface area contributed by atoms with Gasteiger partial charge in [0.1, 0.15) is 11.4 Å². The highest BCUT2D eigenvalue weighted by atomic mass is 16.5. The van der Waals surface area contributed by atoms with Gasteiger partial charge in [-0.1, -0.05) is 12.1 Å². The van der Waals surface area contributed by atoms with E-state index >= 15 is 0 Å². The van der Waals surface area contributed by atoms with Gasteiger partial charge in [0.2, 0.25) is 5.91 Å². The molecule has 3 heterocycles. The second-order valence-electron chi connectivity index (χ2n) is 7.90. The predicted octanol–water partition coefficient (Wildman–Crippen LogP) is 2.29. The van der Waals surface area contributed by atoms with E-state index in [4.69, 9.17) is 4.74 Å². The van der Waals surface area contributed by atoms with Crippen LogP contribution in [0.25, 0.3) is 0 Å². The van der Waals surface area contributed by atoms with E-state index in [-0.39, 0.29) is 29.9 Å². The highest BCUT2D eigenvalue weighted by Crippen LogP contribution is 2.36. The molecule has 2 bridgehead atoms. The van der Waals surface area contributed by atoms with Gasteiger partial charge in [-0.2, -0.15) is 0 Å². The molecule has 0 aliphatic carbocycles. The van der Waals surface area contributed by atoms with E-state index in [1.165, 1.54) is 6.20 Å². The molecule has 29 heavy (non-hydrogen) atoms. The smallest absolute Gasteiger partial charge is 0.271 e. The number of rotatable bonds is 5. The number of hydrogen-bond acceptors (Lipinski definition) is 5. The summed E-state index contributed by atoms with van der Waals surface area (Å²) in [5.74, 6) is 0.757. The fraction of sp³-hybridized carbons (Fsp3) is 0.455. The Morgan fingerprint density at radius 2 is 1.79 bits per heavy atom. The first-order valence-corrected chi connectivity index (χ1v) is 10.1. The summed E-state index contributed by atoms with van der Waals surface area (Å²) >= 11 is 0. The molecule has 4 rings (SSSR count). The Morgan fingerprint density at radius 3 is 2.38 bits per heavy atom. The first kappa shape index (κ1) is 19.4. The largest absolute Gasteiger partial charge is 0.497 e. The molecule has 2 aliphatic rings. The van der Waals surface area contributed by atoms with Crippen LogP contribution in [0.5, 0.6) is 5.75 Å². The fourth-order valence-electron chi connectivity index (χ4n) is 4.48. The Labute approximate surface area is 170 Å². The van der Waals surface area contributed by atoms with Crippen LogP contribution in [0.1, 0.15) is 47.4 Å². The van der Waals surface area contributed by atoms with Crippen LogP contribution in [0.15, 0.2) is 36.7 Å². The van der Waals surface area contributed by atoms with Crippen molar-refractivity contribution in [2.24, 2.45) is 0 Å². The maximum Gasteiger partial charge on any atom is 0.271 e. The maximum absolute atomic E-state index is 13.0. The van der Waals surface area contributed by atoms with Crippen molar-refractivity contribution in [3.05, 3.63) is 53.6 Å². The predicted molar refractivity (Wildman–Crippen MR) is 108 cm³/mol. The Kier molecular flexibility index (Phi) is 5.47. The molecule has 1 unspecified atom stereocenters. The topological polar surface area (TPSA) is 84.4 Å². The van der Waals surface area contributed by atoms with E-state index in [9.17, 15) is 9.59 Å². The van der Waals surface area contributed by atoms with Crippen molar-refractivity contribution in [3.63, 3.8) is 0 Å². The highest BCUT2D eigenvalue weighted by Gasteiger charge is 2.43. The normalized spacial score (nSPS) is 23.0. The Bertz CT molecular complexity index is 868. The third-order valence-corrected chi connectivity index (χ3v) is 5.88. The number of piperidine rings is 1. The van der Waals surface area contributed by atoms with Crippen molar-refractivity contribution in [1.82, 2.24) is 20.2 Å². The summed E-state index contributed by atoms with van der Waals surface area (Å²) in [6.45, 7) is 1.84. The lowest BCUT2D eigenvalue weighted by Crippen LogP contribution is -2.52. The summed E-state index contributed by atoms with van der Waals surface area (Å²) in [7, 11) is 1.63. The third kappa shape index (κ3) is 4.23. The number of hydrogen-bond donors (Lipinski definition) is 1. The number of ether oxygens (including phenoxy) is 1. The van der Waals surface area contributed by atoms with Crippen LogP contribution in [-0.2, 0) is 11.2 Å². The second kappa shape index (κ2) is 8.19. The fourth-order valence-corrected chi connectivity index (χ4v) is 4.48. The molecular formula is C22H26N4O3. The molecule has 0 spiro atoms. The van der Waals surface area contributed by atoms with E-state index in [0.29, 0.717) is 12.1 Å². The molecule has 0 saturated carbocycles. The lowest BCUT2D eigenvalue weighted by atomic mass is 9.96. The van der Waals surface area contributed by atoms with Crippen molar-refractivity contribution in [2.45, 2.75) is 57.2 Å². The molecule has 2 aromatic rings. The van der Waals surface area contributed by atoms with Gasteiger partial charge >= 0.3 is 0 Å². The van der Waals surface area contributed by atoms with Gasteiger partial charge in [0.05, 0.1) is 25.4 Å². The number of benzene rings is 1. The number of carbonyl (C=O) groups excluding carboxylic acids is 2. The molecule has 7 heteroatoms. The van der Waals surface area contributed by atoms with E-state index in [0.717, 1.165) is 42.7 Å². The molecule has 2 saturated heterocycles. The van der Waals surface area contributed by atoms with Gasteiger partial charge in [-0.3, -0.25) is 14.6 Å². The molecule has 2 aliphatic heterocycles. The number of amides is 2. The van der Waals surface area contributed by atoms with Gasteiger partial charge in [0.25, 0.3) is 5.91 Å². The van der Waals surface area contributed by atoms with Gasteiger partial charge in [-0.25, -0.2) is 4.98 Å². The van der Waals surface area contributed by atoms with Crippen molar-refractivity contribution < 1.29 is 14.3 Å². The number of aromatic nitrogens is 2. The van der Waals surface area contributed by atoms with E-state index < -0.39 is 0 Å². The van der Waals surface area contributed by atoms with Crippen LogP contribution in [0.4, 0.5) is 0 Å². The number of aryl methyl sites for hydroxylation is 1.